The lowest BCUT2D eigenvalue weighted by Gasteiger charge is -2.33. The van der Waals surface area contributed by atoms with Crippen LogP contribution in [-0.2, 0) is 28.0 Å². The zero-order valence-corrected chi connectivity index (χ0v) is 23.0. The Kier molecular flexibility index (Phi) is 8.58. The number of nitrogens with one attached hydrogen (secondary N) is 1. The smallest absolute Gasteiger partial charge is 0.332 e. The van der Waals surface area contributed by atoms with Crippen molar-refractivity contribution in [3.8, 4) is 22.5 Å². The number of aromatic amines is 1. The van der Waals surface area contributed by atoms with E-state index in [-0.39, 0.29) is 11.1 Å². The zero-order chi connectivity index (χ0) is 27.3. The number of hydrogen-bond acceptors (Lipinski definition) is 7. The molecule has 0 radical (unpaired) electrons. The molecule has 4 aromatic rings. The molecule has 3 N–H and O–H groups in total. The number of halogens is 1. The number of unbranched alkanes of at least 4 members (excludes halogenated alkanes) is 1. The van der Waals surface area contributed by atoms with E-state index in [4.69, 9.17) is 22.1 Å². The van der Waals surface area contributed by atoms with Crippen molar-refractivity contribution in [3.63, 3.8) is 0 Å². The average molecular weight is 536 g/mol. The normalized spacial score (nSPS) is 13.7. The van der Waals surface area contributed by atoms with Gasteiger partial charge in [-0.15, -0.1) is 10.2 Å². The van der Waals surface area contributed by atoms with Gasteiger partial charge in [0.1, 0.15) is 5.82 Å². The Labute approximate surface area is 227 Å². The van der Waals surface area contributed by atoms with E-state index < -0.39 is 11.5 Å². The van der Waals surface area contributed by atoms with Crippen LogP contribution in [0.15, 0.2) is 48.5 Å². The predicted molar refractivity (Wildman–Crippen MR) is 147 cm³/mol. The summed E-state index contributed by atoms with van der Waals surface area (Å²) in [5, 5.41) is 14.7. The Morgan fingerprint density at radius 2 is 1.87 bits per heavy atom. The maximum atomic E-state index is 13.1. The number of ether oxygens (including phenoxy) is 1. The predicted octanol–water partition coefficient (Wildman–Crippen LogP) is 5.15. The molecule has 10 heteroatoms. The van der Waals surface area contributed by atoms with Gasteiger partial charge in [0.25, 0.3) is 0 Å². The van der Waals surface area contributed by atoms with Crippen molar-refractivity contribution in [2.75, 3.05) is 7.11 Å². The molecule has 0 unspecified atom stereocenters. The molecule has 0 fully saturated rings. The maximum absolute atomic E-state index is 13.1. The summed E-state index contributed by atoms with van der Waals surface area (Å²) in [7, 11) is 1.35. The average Bonchev–Trinajstić information content (AvgIpc) is 3.59. The number of carbonyl (C=O) groups excluding carboxylic acids is 1. The Hall–Kier alpha value is -3.56. The van der Waals surface area contributed by atoms with Gasteiger partial charge in [-0.2, -0.15) is 5.21 Å². The van der Waals surface area contributed by atoms with E-state index in [1.165, 1.54) is 7.11 Å². The molecule has 0 bridgehead atoms. The van der Waals surface area contributed by atoms with Crippen LogP contribution in [-0.4, -0.2) is 43.3 Å². The number of H-pyrrole nitrogens is 1. The van der Waals surface area contributed by atoms with Crippen LogP contribution < -0.4 is 5.73 Å². The number of rotatable bonds is 11. The van der Waals surface area contributed by atoms with Gasteiger partial charge in [-0.3, -0.25) is 0 Å². The number of nitrogens with two attached hydrogens (primary N) is 1. The van der Waals surface area contributed by atoms with Crippen molar-refractivity contribution in [2.24, 2.45) is 11.7 Å². The maximum Gasteiger partial charge on any atom is 0.332 e. The lowest BCUT2D eigenvalue weighted by molar-refractivity contribution is -0.150. The summed E-state index contributed by atoms with van der Waals surface area (Å²) in [6, 6.07) is 16.2. The highest BCUT2D eigenvalue weighted by molar-refractivity contribution is 6.30. The van der Waals surface area contributed by atoms with Gasteiger partial charge in [0.05, 0.1) is 12.8 Å². The summed E-state index contributed by atoms with van der Waals surface area (Å²) in [5.74, 6) is 0.604. The fourth-order valence-electron chi connectivity index (χ4n) is 4.76. The number of hydrogen-bond donors (Lipinski definition) is 2. The largest absolute Gasteiger partial charge is 0.467 e. The first kappa shape index (κ1) is 27.5. The second-order valence-electron chi connectivity index (χ2n) is 9.50. The standard InChI is InChI=1S/C28H34ClN7O2/c1-5-7-12-23-31-25(29)24(28(30,18(3)6-2)27(37)38-4)36(23)17-19-13-15-20(16-14-19)21-10-8-9-11-22(21)26-32-34-35-33-26/h8-11,13-16,18H,5-7,12,17,30H2,1-4H3,(H,32,33,34,35)/t18-,28+/m1/s1. The first-order valence-corrected chi connectivity index (χ1v) is 13.3. The van der Waals surface area contributed by atoms with Crippen molar-refractivity contribution in [2.45, 2.75) is 58.5 Å². The minimum absolute atomic E-state index is 0.217. The first-order valence-electron chi connectivity index (χ1n) is 12.9. The summed E-state index contributed by atoms with van der Waals surface area (Å²) in [4.78, 5) is 17.7. The molecule has 0 amide bonds. The first-order chi connectivity index (χ1) is 18.3. The van der Waals surface area contributed by atoms with E-state index in [1.807, 2.05) is 42.7 Å². The molecule has 2 aromatic carbocycles. The molecule has 9 nitrogen and oxygen atoms in total. The SMILES string of the molecule is CCCCc1nc(Cl)c([C@](N)(C(=O)OC)[C@H](C)CC)n1Cc1ccc(-c2ccccc2-c2nn[nH]n2)cc1. The molecule has 38 heavy (non-hydrogen) atoms. The van der Waals surface area contributed by atoms with Crippen LogP contribution in [0, 0.1) is 5.92 Å². The highest BCUT2D eigenvalue weighted by Gasteiger charge is 2.47. The topological polar surface area (TPSA) is 125 Å². The molecule has 0 aliphatic heterocycles. The minimum Gasteiger partial charge on any atom is -0.467 e. The minimum atomic E-state index is -1.43. The molecule has 0 aliphatic carbocycles. The lowest BCUT2D eigenvalue weighted by atomic mass is 9.81. The van der Waals surface area contributed by atoms with Gasteiger partial charge >= 0.3 is 5.97 Å². The summed E-state index contributed by atoms with van der Waals surface area (Å²) < 4.78 is 7.17. The van der Waals surface area contributed by atoms with Crippen molar-refractivity contribution >= 4 is 17.6 Å². The van der Waals surface area contributed by atoms with Crippen molar-refractivity contribution < 1.29 is 9.53 Å². The Bertz CT molecular complexity index is 1370. The quantitative estimate of drug-likeness (QED) is 0.254. The summed E-state index contributed by atoms with van der Waals surface area (Å²) in [6.45, 7) is 6.52. The van der Waals surface area contributed by atoms with Crippen LogP contribution in [0.25, 0.3) is 22.5 Å². The molecular formula is C28H34ClN7O2. The number of esters is 1. The Morgan fingerprint density at radius 3 is 2.47 bits per heavy atom. The van der Waals surface area contributed by atoms with E-state index in [2.05, 4.69) is 56.8 Å². The van der Waals surface area contributed by atoms with Crippen molar-refractivity contribution in [3.05, 3.63) is 70.8 Å². The van der Waals surface area contributed by atoms with Gasteiger partial charge < -0.3 is 15.0 Å². The number of aromatic nitrogens is 6. The van der Waals surface area contributed by atoms with E-state index in [0.717, 1.165) is 47.3 Å². The van der Waals surface area contributed by atoms with E-state index >= 15 is 0 Å². The van der Waals surface area contributed by atoms with Gasteiger partial charge in [0.15, 0.2) is 10.7 Å². The highest BCUT2D eigenvalue weighted by Crippen LogP contribution is 2.37. The molecule has 0 saturated carbocycles. The number of methoxy groups -OCH3 is 1. The van der Waals surface area contributed by atoms with Crippen molar-refractivity contribution in [1.82, 2.24) is 30.2 Å². The molecule has 0 aliphatic rings. The number of carbonyl (C=O) groups is 1. The molecular weight excluding hydrogens is 502 g/mol. The van der Waals surface area contributed by atoms with Gasteiger partial charge in [-0.25, -0.2) is 9.78 Å². The molecule has 200 valence electrons. The second-order valence-corrected chi connectivity index (χ2v) is 9.86. The molecule has 2 heterocycles. The van der Waals surface area contributed by atoms with Crippen LogP contribution in [0.3, 0.4) is 0 Å². The van der Waals surface area contributed by atoms with E-state index in [9.17, 15) is 4.79 Å². The van der Waals surface area contributed by atoms with Crippen LogP contribution in [0.1, 0.15) is 57.1 Å². The summed E-state index contributed by atoms with van der Waals surface area (Å²) >= 11 is 6.71. The number of aryl methyl sites for hydroxylation is 1. The number of benzene rings is 2. The van der Waals surface area contributed by atoms with Gasteiger partial charge in [-0.05, 0) is 34.2 Å². The molecule has 2 aromatic heterocycles. The van der Waals surface area contributed by atoms with Crippen LogP contribution in [0.5, 0.6) is 0 Å². The monoisotopic (exact) mass is 535 g/mol. The number of tetrazole rings is 1. The van der Waals surface area contributed by atoms with Gasteiger partial charge in [0.2, 0.25) is 5.82 Å². The molecule has 4 rings (SSSR count). The lowest BCUT2D eigenvalue weighted by Crippen LogP contribution is -2.52. The summed E-state index contributed by atoms with van der Waals surface area (Å²) in [5.41, 5.74) is 9.85. The third-order valence-electron chi connectivity index (χ3n) is 7.18. The van der Waals surface area contributed by atoms with Crippen LogP contribution in [0.4, 0.5) is 0 Å². The van der Waals surface area contributed by atoms with Crippen LogP contribution >= 0.6 is 11.6 Å². The van der Waals surface area contributed by atoms with E-state index in [1.54, 1.807) is 0 Å². The van der Waals surface area contributed by atoms with Crippen molar-refractivity contribution in [1.29, 1.82) is 0 Å². The fraction of sp³-hybridized carbons (Fsp3) is 0.393. The third-order valence-corrected chi connectivity index (χ3v) is 7.45. The molecule has 2 atom stereocenters. The summed E-state index contributed by atoms with van der Waals surface area (Å²) in [6.07, 6.45) is 3.35. The van der Waals surface area contributed by atoms with Gasteiger partial charge in [0, 0.05) is 18.5 Å². The fourth-order valence-corrected chi connectivity index (χ4v) is 5.11. The Morgan fingerprint density at radius 1 is 1.16 bits per heavy atom. The van der Waals surface area contributed by atoms with Gasteiger partial charge in [-0.1, -0.05) is 93.7 Å². The molecule has 0 saturated heterocycles. The second kappa shape index (κ2) is 11.9. The number of nitrogens with zero attached hydrogens (tertiary/aromatic N) is 5. The zero-order valence-electron chi connectivity index (χ0n) is 22.2. The highest BCUT2D eigenvalue weighted by atomic mass is 35.5. The third kappa shape index (κ3) is 5.21. The number of imidazole rings is 1. The van der Waals surface area contributed by atoms with E-state index in [0.29, 0.717) is 24.5 Å². The Balaban J connectivity index is 1.75. The van der Waals surface area contributed by atoms with Crippen LogP contribution in [0.2, 0.25) is 5.15 Å². The molecule has 0 spiro atoms.